The summed E-state index contributed by atoms with van der Waals surface area (Å²) in [7, 11) is 5.89. The number of nitro groups is 1. The summed E-state index contributed by atoms with van der Waals surface area (Å²) in [6.45, 7) is 1.72. The van der Waals surface area contributed by atoms with Crippen molar-refractivity contribution in [1.29, 1.82) is 0 Å². The van der Waals surface area contributed by atoms with Crippen LogP contribution in [0.4, 0.5) is 17.1 Å². The van der Waals surface area contributed by atoms with Crippen LogP contribution in [0.2, 0.25) is 0 Å². The quantitative estimate of drug-likeness (QED) is 0.675. The van der Waals surface area contributed by atoms with E-state index >= 15 is 0 Å². The van der Waals surface area contributed by atoms with Gasteiger partial charge in [0, 0.05) is 26.2 Å². The molecule has 1 aromatic carbocycles. The second kappa shape index (κ2) is 6.09. The first-order valence-electron chi connectivity index (χ1n) is 6.91. The Morgan fingerprint density at radius 3 is 2.50 bits per heavy atom. The van der Waals surface area contributed by atoms with Gasteiger partial charge in [0.25, 0.3) is 0 Å². The summed E-state index contributed by atoms with van der Waals surface area (Å²) in [6, 6.07) is 6.02. The van der Waals surface area contributed by atoms with E-state index in [1.807, 2.05) is 12.1 Å². The maximum Gasteiger partial charge on any atom is 0.315 e. The van der Waals surface area contributed by atoms with E-state index in [4.69, 9.17) is 0 Å². The largest absolute Gasteiger partial charge is 0.382 e. The van der Waals surface area contributed by atoms with Gasteiger partial charge in [-0.05, 0) is 39.1 Å². The number of nitrogens with zero attached hydrogens (tertiary/aromatic N) is 3. The molecule has 1 aliphatic heterocycles. The monoisotopic (exact) mass is 278 g/mol. The third-order valence-corrected chi connectivity index (χ3v) is 4.00. The normalized spacial score (nSPS) is 16.5. The van der Waals surface area contributed by atoms with Gasteiger partial charge in [0.15, 0.2) is 0 Å². The topological polar surface area (TPSA) is 61.6 Å². The van der Waals surface area contributed by atoms with Crippen molar-refractivity contribution < 1.29 is 4.92 Å². The highest BCUT2D eigenvalue weighted by Gasteiger charge is 2.27. The summed E-state index contributed by atoms with van der Waals surface area (Å²) < 4.78 is 0. The molecule has 0 saturated carbocycles. The standard InChI is InChI=1S/C14H22N4O2/c1-15-12-5-4-6-13(14(12)18(19)20)17-9-7-11(8-10-17)16(2)3/h4-6,11,15H,7-10H2,1-3H3. The number of rotatable bonds is 4. The number of nitrogens with one attached hydrogen (secondary N) is 1. The molecule has 110 valence electrons. The molecule has 20 heavy (non-hydrogen) atoms. The molecule has 1 heterocycles. The minimum atomic E-state index is -0.292. The number of nitro benzene ring substituents is 1. The lowest BCUT2D eigenvalue weighted by atomic mass is 10.0. The van der Waals surface area contributed by atoms with Crippen LogP contribution in [0, 0.1) is 10.1 Å². The van der Waals surface area contributed by atoms with Gasteiger partial charge in [0.1, 0.15) is 11.4 Å². The SMILES string of the molecule is CNc1cccc(N2CCC(N(C)C)CC2)c1[N+](=O)[O-]. The van der Waals surface area contributed by atoms with Gasteiger partial charge in [-0.1, -0.05) is 6.07 Å². The zero-order valence-corrected chi connectivity index (χ0v) is 12.3. The summed E-state index contributed by atoms with van der Waals surface area (Å²) in [6.07, 6.45) is 2.07. The first-order chi connectivity index (χ1) is 9.54. The molecule has 0 spiro atoms. The highest BCUT2D eigenvalue weighted by Crippen LogP contribution is 2.36. The van der Waals surface area contributed by atoms with Crippen LogP contribution in [-0.2, 0) is 0 Å². The van der Waals surface area contributed by atoms with Crippen molar-refractivity contribution in [3.8, 4) is 0 Å². The average Bonchev–Trinajstić information content (AvgIpc) is 2.46. The predicted octanol–water partition coefficient (Wildman–Crippen LogP) is 2.17. The van der Waals surface area contributed by atoms with Gasteiger partial charge in [0.2, 0.25) is 0 Å². The fraction of sp³-hybridized carbons (Fsp3) is 0.571. The minimum absolute atomic E-state index is 0.179. The molecular formula is C14H22N4O2. The highest BCUT2D eigenvalue weighted by atomic mass is 16.6. The third kappa shape index (κ3) is 2.85. The van der Waals surface area contributed by atoms with Crippen molar-refractivity contribution in [2.24, 2.45) is 0 Å². The second-order valence-corrected chi connectivity index (χ2v) is 5.36. The summed E-state index contributed by atoms with van der Waals surface area (Å²) >= 11 is 0. The lowest BCUT2D eigenvalue weighted by Gasteiger charge is -2.36. The molecule has 0 atom stereocenters. The molecule has 2 rings (SSSR count). The van der Waals surface area contributed by atoms with E-state index < -0.39 is 0 Å². The third-order valence-electron chi connectivity index (χ3n) is 4.00. The zero-order chi connectivity index (χ0) is 14.7. The van der Waals surface area contributed by atoms with Gasteiger partial charge in [-0.25, -0.2) is 0 Å². The Hall–Kier alpha value is -1.82. The van der Waals surface area contributed by atoms with Crippen molar-refractivity contribution in [3.05, 3.63) is 28.3 Å². The molecular weight excluding hydrogens is 256 g/mol. The molecule has 0 unspecified atom stereocenters. The van der Waals surface area contributed by atoms with Crippen LogP contribution >= 0.6 is 0 Å². The summed E-state index contributed by atoms with van der Waals surface area (Å²) in [4.78, 5) is 15.4. The molecule has 1 aromatic rings. The number of anilines is 2. The lowest BCUT2D eigenvalue weighted by Crippen LogP contribution is -2.42. The minimum Gasteiger partial charge on any atom is -0.382 e. The molecule has 0 bridgehead atoms. The van der Waals surface area contributed by atoms with E-state index in [0.717, 1.165) is 31.6 Å². The molecule has 1 N–H and O–H groups in total. The van der Waals surface area contributed by atoms with E-state index in [1.165, 1.54) is 0 Å². The Labute approximate surface area is 119 Å². The Morgan fingerprint density at radius 2 is 2.00 bits per heavy atom. The average molecular weight is 278 g/mol. The summed E-state index contributed by atoms with van der Waals surface area (Å²) in [5, 5.41) is 14.3. The molecule has 1 aliphatic rings. The molecule has 0 aliphatic carbocycles. The van der Waals surface area contributed by atoms with Gasteiger partial charge in [-0.3, -0.25) is 10.1 Å². The van der Waals surface area contributed by atoms with Crippen molar-refractivity contribution in [2.45, 2.75) is 18.9 Å². The number of hydrogen-bond donors (Lipinski definition) is 1. The maximum absolute atomic E-state index is 11.3. The molecule has 0 amide bonds. The smallest absolute Gasteiger partial charge is 0.315 e. The fourth-order valence-corrected chi connectivity index (χ4v) is 2.80. The Morgan fingerprint density at radius 1 is 1.35 bits per heavy atom. The number of benzene rings is 1. The number of piperidine rings is 1. The van der Waals surface area contributed by atoms with Crippen LogP contribution in [0.3, 0.4) is 0 Å². The van der Waals surface area contributed by atoms with Crippen molar-refractivity contribution in [1.82, 2.24) is 4.90 Å². The fourth-order valence-electron chi connectivity index (χ4n) is 2.80. The molecule has 0 radical (unpaired) electrons. The summed E-state index contributed by atoms with van der Waals surface area (Å²) in [5.74, 6) is 0. The van der Waals surface area contributed by atoms with Crippen LogP contribution in [0.1, 0.15) is 12.8 Å². The van der Waals surface area contributed by atoms with Gasteiger partial charge in [0.05, 0.1) is 4.92 Å². The van der Waals surface area contributed by atoms with Gasteiger partial charge < -0.3 is 15.1 Å². The maximum atomic E-state index is 11.3. The van der Waals surface area contributed by atoms with Crippen LogP contribution in [0.15, 0.2) is 18.2 Å². The van der Waals surface area contributed by atoms with E-state index in [9.17, 15) is 10.1 Å². The first kappa shape index (κ1) is 14.6. The van der Waals surface area contributed by atoms with E-state index in [2.05, 4.69) is 29.2 Å². The van der Waals surface area contributed by atoms with Gasteiger partial charge in [-0.15, -0.1) is 0 Å². The van der Waals surface area contributed by atoms with Gasteiger partial charge in [-0.2, -0.15) is 0 Å². The Balaban J connectivity index is 2.24. The second-order valence-electron chi connectivity index (χ2n) is 5.36. The van der Waals surface area contributed by atoms with Gasteiger partial charge >= 0.3 is 5.69 Å². The Kier molecular flexibility index (Phi) is 4.44. The zero-order valence-electron chi connectivity index (χ0n) is 12.3. The number of hydrogen-bond acceptors (Lipinski definition) is 5. The van der Waals surface area contributed by atoms with E-state index in [1.54, 1.807) is 13.1 Å². The molecule has 6 heteroatoms. The lowest BCUT2D eigenvalue weighted by molar-refractivity contribution is -0.383. The van der Waals surface area contributed by atoms with Crippen molar-refractivity contribution in [3.63, 3.8) is 0 Å². The molecule has 6 nitrogen and oxygen atoms in total. The van der Waals surface area contributed by atoms with E-state index in [-0.39, 0.29) is 10.6 Å². The van der Waals surface area contributed by atoms with Crippen LogP contribution in [-0.4, -0.2) is 50.1 Å². The molecule has 0 aromatic heterocycles. The molecule has 1 saturated heterocycles. The van der Waals surface area contributed by atoms with Crippen molar-refractivity contribution >= 4 is 17.1 Å². The van der Waals surface area contributed by atoms with Crippen LogP contribution in [0.5, 0.6) is 0 Å². The predicted molar refractivity (Wildman–Crippen MR) is 81.6 cm³/mol. The molecule has 1 fully saturated rings. The number of para-hydroxylation sites is 1. The first-order valence-corrected chi connectivity index (χ1v) is 6.91. The Bertz CT molecular complexity index is 482. The van der Waals surface area contributed by atoms with E-state index in [0.29, 0.717) is 11.7 Å². The highest BCUT2D eigenvalue weighted by molar-refractivity contribution is 5.77. The summed E-state index contributed by atoms with van der Waals surface area (Å²) in [5.41, 5.74) is 1.47. The van der Waals surface area contributed by atoms with Crippen LogP contribution in [0.25, 0.3) is 0 Å². The van der Waals surface area contributed by atoms with Crippen molar-refractivity contribution in [2.75, 3.05) is 44.4 Å². The van der Waals surface area contributed by atoms with Crippen LogP contribution < -0.4 is 10.2 Å².